The summed E-state index contributed by atoms with van der Waals surface area (Å²) in [4.78, 5) is 28.1. The average molecular weight is 465 g/mol. The third-order valence-electron chi connectivity index (χ3n) is 5.75. The molecule has 0 spiro atoms. The van der Waals surface area contributed by atoms with Crippen LogP contribution in [0.1, 0.15) is 57.4 Å². The lowest BCUT2D eigenvalue weighted by Crippen LogP contribution is -2.54. The van der Waals surface area contributed by atoms with Gasteiger partial charge in [-0.3, -0.25) is 9.59 Å². The second-order valence-electron chi connectivity index (χ2n) is 8.14. The molecule has 2 aliphatic rings. The van der Waals surface area contributed by atoms with Crippen molar-refractivity contribution in [3.8, 4) is 0 Å². The number of thioether (sulfide) groups is 2. The van der Waals surface area contributed by atoms with E-state index < -0.39 is 0 Å². The lowest BCUT2D eigenvalue weighted by molar-refractivity contribution is -0.135. The Labute approximate surface area is 193 Å². The Kier molecular flexibility index (Phi) is 9.78. The number of unbranched alkanes of at least 4 members (excludes halogenated alkanes) is 1. The van der Waals surface area contributed by atoms with Crippen LogP contribution in [0.4, 0.5) is 4.39 Å². The van der Waals surface area contributed by atoms with Crippen LogP contribution in [0, 0.1) is 5.82 Å². The van der Waals surface area contributed by atoms with E-state index in [4.69, 9.17) is 0 Å². The quantitative estimate of drug-likeness (QED) is 0.387. The molecular formula is C24H33FN2O2S2. The lowest BCUT2D eigenvalue weighted by Gasteiger charge is -2.43. The first-order valence-corrected chi connectivity index (χ1v) is 13.4. The fourth-order valence-electron chi connectivity index (χ4n) is 4.06. The van der Waals surface area contributed by atoms with Crippen molar-refractivity contribution in [2.24, 2.45) is 0 Å². The minimum atomic E-state index is -0.338. The molecule has 1 aliphatic heterocycles. The molecule has 1 heterocycles. The van der Waals surface area contributed by atoms with Crippen LogP contribution >= 0.6 is 23.5 Å². The van der Waals surface area contributed by atoms with Gasteiger partial charge in [0.05, 0.1) is 4.91 Å². The number of hydrogen-bond acceptors (Lipinski definition) is 4. The first-order valence-electron chi connectivity index (χ1n) is 11.4. The molecule has 2 atom stereocenters. The second-order valence-corrected chi connectivity index (χ2v) is 10.6. The van der Waals surface area contributed by atoms with Gasteiger partial charge in [0.15, 0.2) is 0 Å². The SMILES string of the molecule is CCCCSCCCNC(=O)CN1C(=O)/C(=C/c2ccccc2F)SC2CCCCC21. The summed E-state index contributed by atoms with van der Waals surface area (Å²) in [5, 5.41) is 3.25. The molecular weight excluding hydrogens is 431 g/mol. The molecule has 1 aliphatic carbocycles. The van der Waals surface area contributed by atoms with Crippen molar-refractivity contribution < 1.29 is 14.0 Å². The van der Waals surface area contributed by atoms with Gasteiger partial charge in [-0.15, -0.1) is 11.8 Å². The van der Waals surface area contributed by atoms with Gasteiger partial charge in [0.25, 0.3) is 5.91 Å². The van der Waals surface area contributed by atoms with Gasteiger partial charge in [-0.25, -0.2) is 4.39 Å². The summed E-state index contributed by atoms with van der Waals surface area (Å²) >= 11 is 3.48. The van der Waals surface area contributed by atoms with E-state index >= 15 is 0 Å². The van der Waals surface area contributed by atoms with E-state index in [0.717, 1.165) is 37.9 Å². The number of carbonyl (C=O) groups is 2. The van der Waals surface area contributed by atoms with Crippen LogP contribution in [-0.4, -0.2) is 52.6 Å². The molecule has 2 unspecified atom stereocenters. The normalized spacial score (nSPS) is 22.5. The minimum absolute atomic E-state index is 0.0815. The van der Waals surface area contributed by atoms with Crippen LogP contribution in [0.15, 0.2) is 29.2 Å². The molecule has 170 valence electrons. The summed E-state index contributed by atoms with van der Waals surface area (Å²) in [6.45, 7) is 2.91. The third kappa shape index (κ3) is 7.01. The molecule has 0 radical (unpaired) electrons. The van der Waals surface area contributed by atoms with E-state index in [9.17, 15) is 14.0 Å². The zero-order chi connectivity index (χ0) is 22.1. The Hall–Kier alpha value is -1.47. The van der Waals surface area contributed by atoms with Gasteiger partial charge in [0, 0.05) is 23.4 Å². The van der Waals surface area contributed by atoms with Crippen molar-refractivity contribution in [3.63, 3.8) is 0 Å². The fourth-order valence-corrected chi connectivity index (χ4v) is 6.57. The topological polar surface area (TPSA) is 49.4 Å². The number of benzene rings is 1. The molecule has 1 saturated carbocycles. The highest BCUT2D eigenvalue weighted by Gasteiger charge is 2.41. The Morgan fingerprint density at radius 3 is 2.84 bits per heavy atom. The zero-order valence-corrected chi connectivity index (χ0v) is 19.9. The predicted molar refractivity (Wildman–Crippen MR) is 130 cm³/mol. The van der Waals surface area contributed by atoms with Gasteiger partial charge in [0.1, 0.15) is 12.4 Å². The van der Waals surface area contributed by atoms with Gasteiger partial charge >= 0.3 is 0 Å². The summed E-state index contributed by atoms with van der Waals surface area (Å²) in [6.07, 6.45) is 9.18. The number of nitrogens with zero attached hydrogens (tertiary/aromatic N) is 1. The Morgan fingerprint density at radius 2 is 2.03 bits per heavy atom. The van der Waals surface area contributed by atoms with E-state index in [0.29, 0.717) is 17.0 Å². The van der Waals surface area contributed by atoms with Crippen LogP contribution in [-0.2, 0) is 9.59 Å². The molecule has 0 bridgehead atoms. The number of rotatable bonds is 10. The molecule has 7 heteroatoms. The molecule has 1 aromatic rings. The summed E-state index contributed by atoms with van der Waals surface area (Å²) in [5.41, 5.74) is 0.414. The Morgan fingerprint density at radius 1 is 1.26 bits per heavy atom. The van der Waals surface area contributed by atoms with Gasteiger partial charge < -0.3 is 10.2 Å². The molecule has 1 aromatic carbocycles. The highest BCUT2D eigenvalue weighted by Crippen LogP contribution is 2.42. The first-order chi connectivity index (χ1) is 15.1. The van der Waals surface area contributed by atoms with E-state index in [1.54, 1.807) is 40.9 Å². The molecule has 31 heavy (non-hydrogen) atoms. The van der Waals surface area contributed by atoms with Crippen molar-refractivity contribution in [3.05, 3.63) is 40.6 Å². The van der Waals surface area contributed by atoms with Crippen LogP contribution in [0.3, 0.4) is 0 Å². The van der Waals surface area contributed by atoms with Crippen molar-refractivity contribution in [1.82, 2.24) is 10.2 Å². The summed E-state index contributed by atoms with van der Waals surface area (Å²) < 4.78 is 14.1. The number of amides is 2. The standard InChI is InChI=1S/C24H33FN2O2S2/c1-2-3-14-30-15-8-13-26-23(28)17-27-20-11-6-7-12-21(20)31-22(24(27)29)16-18-9-4-5-10-19(18)25/h4-5,9-10,16,20-21H,2-3,6-8,11-15,17H2,1H3,(H,26,28)/b22-16-. The van der Waals surface area contributed by atoms with Crippen molar-refractivity contribution in [1.29, 1.82) is 0 Å². The summed E-state index contributed by atoms with van der Waals surface area (Å²) in [7, 11) is 0. The monoisotopic (exact) mass is 464 g/mol. The van der Waals surface area contributed by atoms with Gasteiger partial charge in [-0.1, -0.05) is 44.4 Å². The molecule has 3 rings (SSSR count). The maximum atomic E-state index is 14.1. The number of carbonyl (C=O) groups excluding carboxylic acids is 2. The summed E-state index contributed by atoms with van der Waals surface area (Å²) in [6, 6.07) is 6.57. The molecule has 1 saturated heterocycles. The van der Waals surface area contributed by atoms with E-state index in [1.165, 1.54) is 24.7 Å². The van der Waals surface area contributed by atoms with Crippen molar-refractivity contribution in [2.45, 2.75) is 63.2 Å². The summed E-state index contributed by atoms with van der Waals surface area (Å²) in [5.74, 6) is 1.62. The highest BCUT2D eigenvalue weighted by molar-refractivity contribution is 8.04. The van der Waals surface area contributed by atoms with Gasteiger partial charge in [-0.05, 0) is 49.3 Å². The van der Waals surface area contributed by atoms with Crippen molar-refractivity contribution in [2.75, 3.05) is 24.6 Å². The Bertz CT molecular complexity index is 787. The van der Waals surface area contributed by atoms with E-state index in [2.05, 4.69) is 12.2 Å². The minimum Gasteiger partial charge on any atom is -0.355 e. The predicted octanol–water partition coefficient (Wildman–Crippen LogP) is 5.09. The van der Waals surface area contributed by atoms with Crippen LogP contribution in [0.25, 0.3) is 6.08 Å². The van der Waals surface area contributed by atoms with Gasteiger partial charge in [-0.2, -0.15) is 11.8 Å². The number of nitrogens with one attached hydrogen (secondary N) is 1. The van der Waals surface area contributed by atoms with Crippen LogP contribution < -0.4 is 5.32 Å². The largest absolute Gasteiger partial charge is 0.355 e. The number of hydrogen-bond donors (Lipinski definition) is 1. The average Bonchev–Trinajstić information content (AvgIpc) is 2.77. The molecule has 4 nitrogen and oxygen atoms in total. The smallest absolute Gasteiger partial charge is 0.261 e. The van der Waals surface area contributed by atoms with E-state index in [1.807, 2.05) is 11.8 Å². The van der Waals surface area contributed by atoms with Crippen molar-refractivity contribution >= 4 is 41.4 Å². The molecule has 2 fully saturated rings. The van der Waals surface area contributed by atoms with E-state index in [-0.39, 0.29) is 35.5 Å². The maximum Gasteiger partial charge on any atom is 0.261 e. The Balaban J connectivity index is 1.61. The number of halogens is 1. The maximum absolute atomic E-state index is 14.1. The zero-order valence-electron chi connectivity index (χ0n) is 18.3. The molecule has 1 N–H and O–H groups in total. The highest BCUT2D eigenvalue weighted by atomic mass is 32.2. The number of fused-ring (bicyclic) bond motifs is 1. The second kappa shape index (κ2) is 12.5. The third-order valence-corrected chi connectivity index (χ3v) is 8.31. The van der Waals surface area contributed by atoms with Crippen LogP contribution in [0.2, 0.25) is 0 Å². The lowest BCUT2D eigenvalue weighted by atomic mass is 9.93. The fraction of sp³-hybridized carbons (Fsp3) is 0.583. The van der Waals surface area contributed by atoms with Crippen LogP contribution in [0.5, 0.6) is 0 Å². The molecule has 0 aromatic heterocycles. The van der Waals surface area contributed by atoms with Gasteiger partial charge in [0.2, 0.25) is 5.91 Å². The first kappa shape index (κ1) is 24.2. The molecule has 2 amide bonds.